The molecule has 2 rings (SSSR count). The number of hydrogen-bond acceptors (Lipinski definition) is 3. The maximum atomic E-state index is 12.0. The lowest BCUT2D eigenvalue weighted by atomic mass is 9.86. The highest BCUT2D eigenvalue weighted by Gasteiger charge is 2.18. The number of furan rings is 1. The monoisotopic (exact) mass is 332 g/mol. The first-order chi connectivity index (χ1) is 11.0. The number of benzene rings is 1. The zero-order chi connectivity index (χ0) is 16.7. The molecule has 2 aromatic rings. The van der Waals surface area contributed by atoms with Gasteiger partial charge < -0.3 is 15.1 Å². The quantitative estimate of drug-likeness (QED) is 0.758. The molecule has 2 N–H and O–H groups in total. The Hall–Kier alpha value is -1.88. The van der Waals surface area contributed by atoms with E-state index in [9.17, 15) is 4.79 Å². The molecule has 5 heteroatoms. The number of para-hydroxylation sites is 1. The Balaban J connectivity index is 1.75. The molecule has 0 saturated heterocycles. The molecule has 2 amide bonds. The summed E-state index contributed by atoms with van der Waals surface area (Å²) in [5.74, 6) is 2.62. The molecule has 0 radical (unpaired) electrons. The highest BCUT2D eigenvalue weighted by Crippen LogP contribution is 2.29. The van der Waals surface area contributed by atoms with Gasteiger partial charge in [-0.1, -0.05) is 39.0 Å². The number of carbonyl (C=O) groups excluding carboxylic acids is 1. The summed E-state index contributed by atoms with van der Waals surface area (Å²) < 4.78 is 5.26. The van der Waals surface area contributed by atoms with E-state index in [0.717, 1.165) is 28.5 Å². The maximum Gasteiger partial charge on any atom is 0.319 e. The second-order valence-electron chi connectivity index (χ2n) is 6.31. The van der Waals surface area contributed by atoms with E-state index in [1.54, 1.807) is 18.0 Å². The normalized spacial score (nSPS) is 11.3. The van der Waals surface area contributed by atoms with Crippen LogP contribution in [0.15, 0.2) is 47.1 Å². The van der Waals surface area contributed by atoms with Crippen molar-refractivity contribution in [3.63, 3.8) is 0 Å². The SMILES string of the molecule is CC(C)(C)c1ccccc1NC(=O)NCCSCc1ccco1. The van der Waals surface area contributed by atoms with Crippen LogP contribution in [0.2, 0.25) is 0 Å². The molecule has 23 heavy (non-hydrogen) atoms. The number of thioether (sulfide) groups is 1. The summed E-state index contributed by atoms with van der Waals surface area (Å²) in [7, 11) is 0. The first-order valence-electron chi connectivity index (χ1n) is 7.71. The summed E-state index contributed by atoms with van der Waals surface area (Å²) in [6.07, 6.45) is 1.67. The Morgan fingerprint density at radius 2 is 1.96 bits per heavy atom. The molecule has 124 valence electrons. The highest BCUT2D eigenvalue weighted by atomic mass is 32.2. The van der Waals surface area contributed by atoms with Crippen molar-refractivity contribution in [3.05, 3.63) is 54.0 Å². The second kappa shape index (κ2) is 8.11. The fraction of sp³-hybridized carbons (Fsp3) is 0.389. The number of carbonyl (C=O) groups is 1. The number of rotatable bonds is 6. The van der Waals surface area contributed by atoms with Gasteiger partial charge in [-0.05, 0) is 29.2 Å². The van der Waals surface area contributed by atoms with Gasteiger partial charge in [-0.3, -0.25) is 0 Å². The average Bonchev–Trinajstić information content (AvgIpc) is 2.99. The van der Waals surface area contributed by atoms with Crippen LogP contribution < -0.4 is 10.6 Å². The molecule has 1 aromatic heterocycles. The third kappa shape index (κ3) is 5.67. The lowest BCUT2D eigenvalue weighted by Crippen LogP contribution is -2.31. The van der Waals surface area contributed by atoms with Gasteiger partial charge in [0.25, 0.3) is 0 Å². The lowest BCUT2D eigenvalue weighted by molar-refractivity contribution is 0.252. The Kier molecular flexibility index (Phi) is 6.16. The van der Waals surface area contributed by atoms with Gasteiger partial charge >= 0.3 is 6.03 Å². The molecule has 0 aliphatic rings. The summed E-state index contributed by atoms with van der Waals surface area (Å²) in [6.45, 7) is 7.03. The number of nitrogens with one attached hydrogen (secondary N) is 2. The van der Waals surface area contributed by atoms with Gasteiger partial charge in [-0.15, -0.1) is 0 Å². The zero-order valence-corrected chi connectivity index (χ0v) is 14.7. The van der Waals surface area contributed by atoms with Crippen molar-refractivity contribution < 1.29 is 9.21 Å². The molecule has 0 spiro atoms. The summed E-state index contributed by atoms with van der Waals surface area (Å²) >= 11 is 1.73. The Labute approximate surface area is 142 Å². The van der Waals surface area contributed by atoms with Gasteiger partial charge in [0, 0.05) is 18.0 Å². The van der Waals surface area contributed by atoms with Crippen LogP contribution in [0.5, 0.6) is 0 Å². The number of amides is 2. The highest BCUT2D eigenvalue weighted by molar-refractivity contribution is 7.98. The molecule has 0 atom stereocenters. The molecule has 1 aromatic carbocycles. The molecule has 0 fully saturated rings. The molecular formula is C18H24N2O2S. The van der Waals surface area contributed by atoms with E-state index in [1.165, 1.54) is 0 Å². The van der Waals surface area contributed by atoms with Crippen molar-refractivity contribution in [2.45, 2.75) is 31.9 Å². The number of anilines is 1. The average molecular weight is 332 g/mol. The smallest absolute Gasteiger partial charge is 0.319 e. The van der Waals surface area contributed by atoms with Crippen LogP contribution in [0.1, 0.15) is 32.1 Å². The largest absolute Gasteiger partial charge is 0.468 e. The first-order valence-corrected chi connectivity index (χ1v) is 8.87. The predicted octanol–water partition coefficient (Wildman–Crippen LogP) is 4.63. The van der Waals surface area contributed by atoms with Crippen LogP contribution in [0.4, 0.5) is 10.5 Å². The van der Waals surface area contributed by atoms with Gasteiger partial charge in [-0.2, -0.15) is 11.8 Å². The van der Waals surface area contributed by atoms with Gasteiger partial charge in [0.1, 0.15) is 5.76 Å². The minimum absolute atomic E-state index is 0.0111. The van der Waals surface area contributed by atoms with Crippen LogP contribution in [-0.4, -0.2) is 18.3 Å². The van der Waals surface area contributed by atoms with E-state index in [2.05, 4.69) is 37.5 Å². The third-order valence-corrected chi connectivity index (χ3v) is 4.32. The lowest BCUT2D eigenvalue weighted by Gasteiger charge is -2.23. The fourth-order valence-corrected chi connectivity index (χ4v) is 2.97. The number of urea groups is 1. The topological polar surface area (TPSA) is 54.3 Å². The maximum absolute atomic E-state index is 12.0. The van der Waals surface area contributed by atoms with Gasteiger partial charge in [-0.25, -0.2) is 4.79 Å². The minimum atomic E-state index is -0.166. The van der Waals surface area contributed by atoms with Crippen molar-refractivity contribution in [3.8, 4) is 0 Å². The van der Waals surface area contributed by atoms with Crippen molar-refractivity contribution >= 4 is 23.5 Å². The summed E-state index contributed by atoms with van der Waals surface area (Å²) in [5, 5.41) is 5.83. The van der Waals surface area contributed by atoms with Crippen molar-refractivity contribution in [2.75, 3.05) is 17.6 Å². The van der Waals surface area contributed by atoms with Crippen molar-refractivity contribution in [1.82, 2.24) is 5.32 Å². The molecule has 0 bridgehead atoms. The summed E-state index contributed by atoms with van der Waals surface area (Å²) in [6, 6.07) is 11.6. The van der Waals surface area contributed by atoms with E-state index in [4.69, 9.17) is 4.42 Å². The van der Waals surface area contributed by atoms with E-state index in [-0.39, 0.29) is 11.4 Å². The molecule has 4 nitrogen and oxygen atoms in total. The molecular weight excluding hydrogens is 308 g/mol. The number of hydrogen-bond donors (Lipinski definition) is 2. The van der Waals surface area contributed by atoms with Gasteiger partial charge in [0.15, 0.2) is 0 Å². The van der Waals surface area contributed by atoms with Gasteiger partial charge in [0.05, 0.1) is 12.0 Å². The van der Waals surface area contributed by atoms with Crippen LogP contribution in [0, 0.1) is 0 Å². The first kappa shape index (κ1) is 17.5. The van der Waals surface area contributed by atoms with Crippen molar-refractivity contribution in [1.29, 1.82) is 0 Å². The van der Waals surface area contributed by atoms with Crippen LogP contribution >= 0.6 is 11.8 Å². The molecule has 0 saturated carbocycles. The van der Waals surface area contributed by atoms with E-state index >= 15 is 0 Å². The van der Waals surface area contributed by atoms with Gasteiger partial charge in [0.2, 0.25) is 0 Å². The summed E-state index contributed by atoms with van der Waals surface area (Å²) in [5.41, 5.74) is 1.98. The second-order valence-corrected chi connectivity index (χ2v) is 7.41. The molecule has 0 aliphatic heterocycles. The standard InChI is InChI=1S/C18H24N2O2S/c1-18(2,3)15-8-4-5-9-16(15)20-17(21)19-10-12-23-13-14-7-6-11-22-14/h4-9,11H,10,12-13H2,1-3H3,(H2,19,20,21). The molecule has 0 aliphatic carbocycles. The van der Waals surface area contributed by atoms with E-state index in [1.807, 2.05) is 30.3 Å². The molecule has 1 heterocycles. The summed E-state index contributed by atoms with van der Waals surface area (Å²) in [4.78, 5) is 12.0. The van der Waals surface area contributed by atoms with Crippen LogP contribution in [0.25, 0.3) is 0 Å². The minimum Gasteiger partial charge on any atom is -0.468 e. The van der Waals surface area contributed by atoms with Crippen LogP contribution in [-0.2, 0) is 11.2 Å². The molecule has 0 unspecified atom stereocenters. The third-order valence-electron chi connectivity index (χ3n) is 3.34. The fourth-order valence-electron chi connectivity index (χ4n) is 2.22. The predicted molar refractivity (Wildman–Crippen MR) is 97.0 cm³/mol. The zero-order valence-electron chi connectivity index (χ0n) is 13.9. The Morgan fingerprint density at radius 3 is 2.65 bits per heavy atom. The van der Waals surface area contributed by atoms with Crippen molar-refractivity contribution in [2.24, 2.45) is 0 Å². The Bertz CT molecular complexity index is 618. The Morgan fingerprint density at radius 1 is 1.17 bits per heavy atom. The van der Waals surface area contributed by atoms with Crippen LogP contribution in [0.3, 0.4) is 0 Å². The van der Waals surface area contributed by atoms with E-state index in [0.29, 0.717) is 6.54 Å². The van der Waals surface area contributed by atoms with E-state index < -0.39 is 0 Å².